The molecular weight excluding hydrogens is 299 g/mol. The van der Waals surface area contributed by atoms with E-state index in [0.29, 0.717) is 28.4 Å². The number of methoxy groups -OCH3 is 4. The Morgan fingerprint density at radius 1 is 0.783 bits per heavy atom. The highest BCUT2D eigenvalue weighted by atomic mass is 19.1. The number of ether oxygens (including phenoxy) is 4. The van der Waals surface area contributed by atoms with Crippen LogP contribution in [-0.4, -0.2) is 28.4 Å². The Balaban J connectivity index is 2.49. The quantitative estimate of drug-likeness (QED) is 0.809. The molecule has 0 aromatic heterocycles. The van der Waals surface area contributed by atoms with E-state index < -0.39 is 5.82 Å². The normalized spacial score (nSPS) is 10.1. The predicted molar refractivity (Wildman–Crippen MR) is 87.2 cm³/mol. The summed E-state index contributed by atoms with van der Waals surface area (Å²) in [6.45, 7) is 4.04. The summed E-state index contributed by atoms with van der Waals surface area (Å²) in [6.07, 6.45) is 0. The van der Waals surface area contributed by atoms with Crippen molar-refractivity contribution in [2.24, 2.45) is 0 Å². The first-order valence-electron chi connectivity index (χ1n) is 6.88. The molecule has 0 aliphatic carbocycles. The van der Waals surface area contributed by atoms with E-state index in [1.54, 1.807) is 24.3 Å². The van der Waals surface area contributed by atoms with E-state index in [0.717, 1.165) is 5.56 Å². The van der Waals surface area contributed by atoms with Gasteiger partial charge in [0.05, 0.1) is 28.4 Å². The maximum atomic E-state index is 13.9. The fraction of sp³-hybridized carbons (Fsp3) is 0.222. The zero-order chi connectivity index (χ0) is 17.0. The van der Waals surface area contributed by atoms with Crippen LogP contribution >= 0.6 is 0 Å². The molecule has 23 heavy (non-hydrogen) atoms. The molecule has 0 radical (unpaired) electrons. The maximum absolute atomic E-state index is 13.9. The molecule has 0 unspecified atom stereocenters. The second kappa shape index (κ2) is 7.05. The summed E-state index contributed by atoms with van der Waals surface area (Å²) in [7, 11) is 6.04. The lowest BCUT2D eigenvalue weighted by Gasteiger charge is -2.15. The molecule has 0 saturated carbocycles. The summed E-state index contributed by atoms with van der Waals surface area (Å²) in [5.74, 6) is 1.26. The van der Waals surface area contributed by atoms with E-state index in [-0.39, 0.29) is 5.75 Å². The van der Waals surface area contributed by atoms with E-state index >= 15 is 0 Å². The van der Waals surface area contributed by atoms with Gasteiger partial charge in [0, 0.05) is 0 Å². The molecule has 5 heteroatoms. The van der Waals surface area contributed by atoms with Crippen LogP contribution in [0.5, 0.6) is 23.0 Å². The molecule has 0 saturated heterocycles. The van der Waals surface area contributed by atoms with Crippen LogP contribution in [0.4, 0.5) is 4.39 Å². The van der Waals surface area contributed by atoms with Gasteiger partial charge in [0.2, 0.25) is 5.75 Å². The second-order valence-electron chi connectivity index (χ2n) is 4.74. The number of rotatable bonds is 6. The third-order valence-electron chi connectivity index (χ3n) is 3.51. The Morgan fingerprint density at radius 3 is 1.78 bits per heavy atom. The van der Waals surface area contributed by atoms with Gasteiger partial charge in [0.1, 0.15) is 0 Å². The summed E-state index contributed by atoms with van der Waals surface area (Å²) in [5, 5.41) is 0. The Morgan fingerprint density at radius 2 is 1.35 bits per heavy atom. The van der Waals surface area contributed by atoms with E-state index in [4.69, 9.17) is 18.9 Å². The smallest absolute Gasteiger partial charge is 0.203 e. The molecule has 0 fully saturated rings. The van der Waals surface area contributed by atoms with Gasteiger partial charge >= 0.3 is 0 Å². The standard InChI is InChI=1S/C18H19FO4/c1-11(12-6-7-15(20-2)14(19)8-12)13-9-16(21-3)18(23-5)17(10-13)22-4/h6-10H,1H2,2-5H3. The van der Waals surface area contributed by atoms with Crippen molar-refractivity contribution in [1.82, 2.24) is 0 Å². The lowest BCUT2D eigenvalue weighted by molar-refractivity contribution is 0.324. The SMILES string of the molecule is C=C(c1ccc(OC)c(F)c1)c1cc(OC)c(OC)c(OC)c1. The van der Waals surface area contributed by atoms with Gasteiger partial charge in [0.25, 0.3) is 0 Å². The lowest BCUT2D eigenvalue weighted by Crippen LogP contribution is -1.97. The van der Waals surface area contributed by atoms with Gasteiger partial charge in [-0.05, 0) is 41.0 Å². The fourth-order valence-electron chi connectivity index (χ4n) is 2.28. The molecule has 0 heterocycles. The van der Waals surface area contributed by atoms with Crippen LogP contribution in [0.25, 0.3) is 5.57 Å². The molecule has 0 atom stereocenters. The molecule has 2 aromatic carbocycles. The van der Waals surface area contributed by atoms with Gasteiger partial charge in [-0.1, -0.05) is 12.6 Å². The van der Waals surface area contributed by atoms with Crippen molar-refractivity contribution in [1.29, 1.82) is 0 Å². The topological polar surface area (TPSA) is 36.9 Å². The predicted octanol–water partition coefficient (Wildman–Crippen LogP) is 3.92. The number of hydrogen-bond acceptors (Lipinski definition) is 4. The summed E-state index contributed by atoms with van der Waals surface area (Å²) in [6, 6.07) is 8.23. The minimum absolute atomic E-state index is 0.187. The molecule has 0 aliphatic rings. The first-order chi connectivity index (χ1) is 11.0. The second-order valence-corrected chi connectivity index (χ2v) is 4.74. The Hall–Kier alpha value is -2.69. The highest BCUT2D eigenvalue weighted by Gasteiger charge is 2.16. The monoisotopic (exact) mass is 318 g/mol. The zero-order valence-electron chi connectivity index (χ0n) is 13.6. The Labute approximate surface area is 135 Å². The van der Waals surface area contributed by atoms with Crippen LogP contribution in [0.3, 0.4) is 0 Å². The molecule has 2 aromatic rings. The van der Waals surface area contributed by atoms with Crippen molar-refractivity contribution >= 4 is 5.57 Å². The Bertz CT molecular complexity index is 700. The largest absolute Gasteiger partial charge is 0.494 e. The third-order valence-corrected chi connectivity index (χ3v) is 3.51. The van der Waals surface area contributed by atoms with Crippen molar-refractivity contribution in [2.45, 2.75) is 0 Å². The summed E-state index contributed by atoms with van der Waals surface area (Å²) >= 11 is 0. The first-order valence-corrected chi connectivity index (χ1v) is 6.88. The van der Waals surface area contributed by atoms with Gasteiger partial charge in [-0.15, -0.1) is 0 Å². The molecule has 0 aliphatic heterocycles. The molecule has 0 amide bonds. The Kier molecular flexibility index (Phi) is 5.11. The van der Waals surface area contributed by atoms with Crippen molar-refractivity contribution < 1.29 is 23.3 Å². The van der Waals surface area contributed by atoms with Gasteiger partial charge in [-0.2, -0.15) is 0 Å². The first kappa shape index (κ1) is 16.7. The van der Waals surface area contributed by atoms with Gasteiger partial charge in [-0.25, -0.2) is 4.39 Å². The van der Waals surface area contributed by atoms with Crippen molar-refractivity contribution in [3.63, 3.8) is 0 Å². The average Bonchev–Trinajstić information content (AvgIpc) is 2.59. The summed E-state index contributed by atoms with van der Waals surface area (Å²) in [5.41, 5.74) is 2.01. The summed E-state index contributed by atoms with van der Waals surface area (Å²) < 4.78 is 34.8. The van der Waals surface area contributed by atoms with E-state index in [1.807, 2.05) is 0 Å². The third kappa shape index (κ3) is 3.23. The highest BCUT2D eigenvalue weighted by Crippen LogP contribution is 2.40. The van der Waals surface area contributed by atoms with Gasteiger partial charge in [0.15, 0.2) is 23.1 Å². The van der Waals surface area contributed by atoms with E-state index in [1.165, 1.54) is 34.5 Å². The van der Waals surface area contributed by atoms with Crippen LogP contribution in [-0.2, 0) is 0 Å². The maximum Gasteiger partial charge on any atom is 0.203 e. The van der Waals surface area contributed by atoms with Crippen molar-refractivity contribution in [2.75, 3.05) is 28.4 Å². The molecule has 0 N–H and O–H groups in total. The highest BCUT2D eigenvalue weighted by molar-refractivity contribution is 5.80. The van der Waals surface area contributed by atoms with E-state index in [9.17, 15) is 4.39 Å². The van der Waals surface area contributed by atoms with Crippen LogP contribution in [0.1, 0.15) is 11.1 Å². The molecule has 0 bridgehead atoms. The van der Waals surface area contributed by atoms with Crippen molar-refractivity contribution in [3.8, 4) is 23.0 Å². The minimum Gasteiger partial charge on any atom is -0.494 e. The zero-order valence-corrected chi connectivity index (χ0v) is 13.6. The molecule has 4 nitrogen and oxygen atoms in total. The van der Waals surface area contributed by atoms with Crippen LogP contribution in [0.2, 0.25) is 0 Å². The molecule has 2 rings (SSSR count). The fourth-order valence-corrected chi connectivity index (χ4v) is 2.28. The number of benzene rings is 2. The van der Waals surface area contributed by atoms with Gasteiger partial charge in [-0.3, -0.25) is 0 Å². The molecule has 0 spiro atoms. The molecular formula is C18H19FO4. The van der Waals surface area contributed by atoms with Gasteiger partial charge < -0.3 is 18.9 Å². The number of hydrogen-bond donors (Lipinski definition) is 0. The van der Waals surface area contributed by atoms with Crippen LogP contribution in [0, 0.1) is 5.82 Å². The summed E-state index contributed by atoms with van der Waals surface area (Å²) in [4.78, 5) is 0. The lowest BCUT2D eigenvalue weighted by atomic mass is 9.98. The molecule has 122 valence electrons. The van der Waals surface area contributed by atoms with Crippen LogP contribution < -0.4 is 18.9 Å². The minimum atomic E-state index is -0.446. The van der Waals surface area contributed by atoms with Crippen LogP contribution in [0.15, 0.2) is 36.9 Å². The van der Waals surface area contributed by atoms with Crippen molar-refractivity contribution in [3.05, 3.63) is 53.9 Å². The number of halogens is 1. The average molecular weight is 318 g/mol. The van der Waals surface area contributed by atoms with E-state index in [2.05, 4.69) is 6.58 Å².